The van der Waals surface area contributed by atoms with Gasteiger partial charge in [-0.2, -0.15) is 0 Å². The quantitative estimate of drug-likeness (QED) is 0.839. The lowest BCUT2D eigenvalue weighted by molar-refractivity contribution is -0.145. The number of aromatic nitrogens is 1. The Hall–Kier alpha value is -1.94. The number of nitrogens with zero attached hydrogens (tertiary/aromatic N) is 1. The first-order valence-electron chi connectivity index (χ1n) is 5.88. The smallest absolute Gasteiger partial charge is 0.308 e. The van der Waals surface area contributed by atoms with E-state index in [1.807, 2.05) is 24.3 Å². The molecule has 0 fully saturated rings. The van der Waals surface area contributed by atoms with E-state index < -0.39 is 12.1 Å². The fraction of sp³-hybridized carbons (Fsp3) is 0.286. The van der Waals surface area contributed by atoms with Crippen molar-refractivity contribution in [1.29, 1.82) is 0 Å². The summed E-state index contributed by atoms with van der Waals surface area (Å²) in [5, 5.41) is 11.9. The Morgan fingerprint density at radius 2 is 2.28 bits per heavy atom. The average molecular weight is 245 g/mol. The van der Waals surface area contributed by atoms with Gasteiger partial charge in [0.05, 0.1) is 19.1 Å². The van der Waals surface area contributed by atoms with Gasteiger partial charge >= 0.3 is 5.97 Å². The fourth-order valence-corrected chi connectivity index (χ4v) is 1.93. The molecule has 0 spiro atoms. The van der Waals surface area contributed by atoms with Gasteiger partial charge in [0, 0.05) is 17.8 Å². The maximum Gasteiger partial charge on any atom is 0.308 e. The lowest BCUT2D eigenvalue weighted by Gasteiger charge is -2.12. The van der Waals surface area contributed by atoms with Crippen LogP contribution in [0.5, 0.6) is 0 Å². The third-order valence-corrected chi connectivity index (χ3v) is 2.74. The molecule has 0 radical (unpaired) electrons. The van der Waals surface area contributed by atoms with Gasteiger partial charge in [-0.1, -0.05) is 18.2 Å². The normalized spacial score (nSPS) is 12.3. The minimum atomic E-state index is -0.852. The highest BCUT2D eigenvalue weighted by atomic mass is 16.5. The second-order valence-corrected chi connectivity index (χ2v) is 3.97. The third kappa shape index (κ3) is 2.65. The Labute approximate surface area is 105 Å². The van der Waals surface area contributed by atoms with Gasteiger partial charge in [0.1, 0.15) is 0 Å². The Kier molecular flexibility index (Phi) is 3.89. The van der Waals surface area contributed by atoms with Gasteiger partial charge in [-0.05, 0) is 23.9 Å². The maximum atomic E-state index is 11.4. The van der Waals surface area contributed by atoms with Crippen LogP contribution in [-0.4, -0.2) is 22.7 Å². The number of hydrogen-bond donors (Lipinski definition) is 1. The standard InChI is InChI=1S/C14H15NO3/c1-2-18-14(17)8-13(16)12-5-3-4-10-9-15-7-6-11(10)12/h3-7,9,13,16H,2,8H2,1H3. The van der Waals surface area contributed by atoms with E-state index >= 15 is 0 Å². The number of benzene rings is 1. The molecule has 0 saturated carbocycles. The molecule has 18 heavy (non-hydrogen) atoms. The zero-order valence-corrected chi connectivity index (χ0v) is 10.2. The van der Waals surface area contributed by atoms with Crippen molar-refractivity contribution in [2.45, 2.75) is 19.4 Å². The van der Waals surface area contributed by atoms with Crippen LogP contribution in [0, 0.1) is 0 Å². The number of carbonyl (C=O) groups is 1. The molecule has 2 aromatic rings. The molecule has 0 amide bonds. The summed E-state index contributed by atoms with van der Waals surface area (Å²) in [6.07, 6.45) is 2.52. The Bertz CT molecular complexity index is 548. The molecule has 1 aromatic heterocycles. The molecular formula is C14H15NO3. The van der Waals surface area contributed by atoms with Gasteiger partial charge in [0.2, 0.25) is 0 Å². The molecule has 2 rings (SSSR count). The Morgan fingerprint density at radius 1 is 1.44 bits per heavy atom. The second kappa shape index (κ2) is 5.60. The molecule has 94 valence electrons. The SMILES string of the molecule is CCOC(=O)CC(O)c1cccc2cnccc12. The van der Waals surface area contributed by atoms with E-state index in [0.29, 0.717) is 6.61 Å². The van der Waals surface area contributed by atoms with Crippen LogP contribution in [0.2, 0.25) is 0 Å². The van der Waals surface area contributed by atoms with Gasteiger partial charge in [0.25, 0.3) is 0 Å². The number of rotatable bonds is 4. The van der Waals surface area contributed by atoms with Crippen molar-refractivity contribution in [2.75, 3.05) is 6.61 Å². The van der Waals surface area contributed by atoms with Gasteiger partial charge < -0.3 is 9.84 Å². The van der Waals surface area contributed by atoms with Crippen LogP contribution >= 0.6 is 0 Å². The van der Waals surface area contributed by atoms with Crippen molar-refractivity contribution in [3.8, 4) is 0 Å². The molecule has 0 aliphatic heterocycles. The summed E-state index contributed by atoms with van der Waals surface area (Å²) in [6, 6.07) is 7.40. The zero-order valence-electron chi connectivity index (χ0n) is 10.2. The molecule has 0 saturated heterocycles. The van der Waals surface area contributed by atoms with Crippen LogP contribution in [-0.2, 0) is 9.53 Å². The number of aliphatic hydroxyl groups is 1. The molecule has 4 nitrogen and oxygen atoms in total. The molecule has 0 aliphatic carbocycles. The van der Waals surface area contributed by atoms with Crippen molar-refractivity contribution in [3.63, 3.8) is 0 Å². The molecule has 0 aliphatic rings. The largest absolute Gasteiger partial charge is 0.466 e. The average Bonchev–Trinajstić information content (AvgIpc) is 2.38. The number of aliphatic hydroxyl groups excluding tert-OH is 1. The van der Waals surface area contributed by atoms with Gasteiger partial charge in [0.15, 0.2) is 0 Å². The first kappa shape index (κ1) is 12.5. The van der Waals surface area contributed by atoms with Crippen LogP contribution in [0.4, 0.5) is 0 Å². The number of pyridine rings is 1. The Morgan fingerprint density at radius 3 is 3.06 bits per heavy atom. The van der Waals surface area contributed by atoms with E-state index in [9.17, 15) is 9.90 Å². The summed E-state index contributed by atoms with van der Waals surface area (Å²) >= 11 is 0. The molecule has 1 N–H and O–H groups in total. The number of ether oxygens (including phenoxy) is 1. The number of carbonyl (C=O) groups excluding carboxylic acids is 1. The van der Waals surface area contributed by atoms with Crippen LogP contribution < -0.4 is 0 Å². The highest BCUT2D eigenvalue weighted by Crippen LogP contribution is 2.25. The monoisotopic (exact) mass is 245 g/mol. The van der Waals surface area contributed by atoms with Crippen molar-refractivity contribution < 1.29 is 14.6 Å². The van der Waals surface area contributed by atoms with Crippen molar-refractivity contribution in [3.05, 3.63) is 42.2 Å². The van der Waals surface area contributed by atoms with E-state index in [-0.39, 0.29) is 6.42 Å². The van der Waals surface area contributed by atoms with E-state index in [1.54, 1.807) is 19.3 Å². The second-order valence-electron chi connectivity index (χ2n) is 3.97. The molecule has 1 unspecified atom stereocenters. The number of esters is 1. The van der Waals surface area contributed by atoms with Crippen LogP contribution in [0.25, 0.3) is 10.8 Å². The predicted octanol–water partition coefficient (Wildman–Crippen LogP) is 2.22. The van der Waals surface area contributed by atoms with Crippen LogP contribution in [0.3, 0.4) is 0 Å². The van der Waals surface area contributed by atoms with E-state index in [0.717, 1.165) is 16.3 Å². The van der Waals surface area contributed by atoms with Gasteiger partial charge in [-0.3, -0.25) is 9.78 Å². The van der Waals surface area contributed by atoms with E-state index in [4.69, 9.17) is 4.74 Å². The first-order chi connectivity index (χ1) is 8.72. The lowest BCUT2D eigenvalue weighted by atomic mass is 10.00. The van der Waals surface area contributed by atoms with E-state index in [1.165, 1.54) is 0 Å². The highest BCUT2D eigenvalue weighted by molar-refractivity contribution is 5.85. The summed E-state index contributed by atoms with van der Waals surface area (Å²) < 4.78 is 4.83. The van der Waals surface area contributed by atoms with E-state index in [2.05, 4.69) is 4.98 Å². The topological polar surface area (TPSA) is 59.4 Å². The Balaban J connectivity index is 2.27. The highest BCUT2D eigenvalue weighted by Gasteiger charge is 2.15. The molecule has 1 aromatic carbocycles. The van der Waals surface area contributed by atoms with Gasteiger partial charge in [-0.15, -0.1) is 0 Å². The van der Waals surface area contributed by atoms with Crippen LogP contribution in [0.1, 0.15) is 25.0 Å². The van der Waals surface area contributed by atoms with Gasteiger partial charge in [-0.25, -0.2) is 0 Å². The lowest BCUT2D eigenvalue weighted by Crippen LogP contribution is -2.10. The molecule has 0 bridgehead atoms. The summed E-state index contributed by atoms with van der Waals surface area (Å²) in [7, 11) is 0. The minimum Gasteiger partial charge on any atom is -0.466 e. The summed E-state index contributed by atoms with van der Waals surface area (Å²) in [5.41, 5.74) is 0.725. The minimum absolute atomic E-state index is 0.0325. The maximum absolute atomic E-state index is 11.4. The fourth-order valence-electron chi connectivity index (χ4n) is 1.93. The predicted molar refractivity (Wildman–Crippen MR) is 68.0 cm³/mol. The van der Waals surface area contributed by atoms with Crippen molar-refractivity contribution in [2.24, 2.45) is 0 Å². The first-order valence-corrected chi connectivity index (χ1v) is 5.88. The number of fused-ring (bicyclic) bond motifs is 1. The van der Waals surface area contributed by atoms with Crippen molar-refractivity contribution in [1.82, 2.24) is 4.98 Å². The number of hydrogen-bond acceptors (Lipinski definition) is 4. The van der Waals surface area contributed by atoms with Crippen molar-refractivity contribution >= 4 is 16.7 Å². The summed E-state index contributed by atoms with van der Waals surface area (Å²) in [6.45, 7) is 2.07. The summed E-state index contributed by atoms with van der Waals surface area (Å²) in [5.74, 6) is -0.393. The molecule has 4 heteroatoms. The summed E-state index contributed by atoms with van der Waals surface area (Å²) in [4.78, 5) is 15.4. The molecule has 1 heterocycles. The zero-order chi connectivity index (χ0) is 13.0. The molecular weight excluding hydrogens is 230 g/mol. The third-order valence-electron chi connectivity index (χ3n) is 2.74. The van der Waals surface area contributed by atoms with Crippen LogP contribution in [0.15, 0.2) is 36.7 Å². The molecule has 1 atom stereocenters.